The lowest BCUT2D eigenvalue weighted by atomic mass is 9.95. The quantitative estimate of drug-likeness (QED) is 0.486. The molecule has 2 atom stereocenters. The third-order valence-electron chi connectivity index (χ3n) is 7.31. The van der Waals surface area contributed by atoms with Crippen molar-refractivity contribution in [2.24, 2.45) is 0 Å². The van der Waals surface area contributed by atoms with Crippen LogP contribution in [0.2, 0.25) is 0 Å². The molecule has 0 amide bonds. The van der Waals surface area contributed by atoms with Crippen LogP contribution in [0.1, 0.15) is 65.5 Å². The molecular weight excluding hydrogens is 485 g/mol. The maximum absolute atomic E-state index is 13.9. The highest BCUT2D eigenvalue weighted by atomic mass is 19.4. The van der Waals surface area contributed by atoms with Crippen molar-refractivity contribution in [2.75, 3.05) is 19.7 Å². The Morgan fingerprint density at radius 1 is 1.14 bits per heavy atom. The van der Waals surface area contributed by atoms with Crippen LogP contribution in [0.5, 0.6) is 11.5 Å². The number of halogens is 5. The summed E-state index contributed by atoms with van der Waals surface area (Å²) < 4.78 is 80.5. The van der Waals surface area contributed by atoms with Crippen molar-refractivity contribution in [2.45, 2.75) is 62.8 Å². The highest BCUT2D eigenvalue weighted by molar-refractivity contribution is 5.68. The minimum Gasteiger partial charge on any atom is -0.492 e. The molecule has 0 radical (unpaired) electrons. The van der Waals surface area contributed by atoms with E-state index < -0.39 is 29.7 Å². The largest absolute Gasteiger partial charge is 0.492 e. The minimum absolute atomic E-state index is 0.0293. The molecule has 2 aromatic rings. The Bertz CT molecular complexity index is 1160. The van der Waals surface area contributed by atoms with Crippen LogP contribution >= 0.6 is 0 Å². The van der Waals surface area contributed by atoms with E-state index in [-0.39, 0.29) is 57.0 Å². The Morgan fingerprint density at radius 2 is 1.86 bits per heavy atom. The number of rotatable bonds is 6. The molecule has 3 aliphatic rings. The zero-order chi connectivity index (χ0) is 25.7. The highest BCUT2D eigenvalue weighted by Crippen LogP contribution is 2.44. The molecule has 0 saturated carbocycles. The summed E-state index contributed by atoms with van der Waals surface area (Å²) >= 11 is 0. The fraction of sp³-hybridized carbons (Fsp3) is 0.500. The van der Waals surface area contributed by atoms with Crippen LogP contribution in [0.15, 0.2) is 30.3 Å². The fourth-order valence-corrected chi connectivity index (χ4v) is 5.44. The van der Waals surface area contributed by atoms with Gasteiger partial charge in [0.2, 0.25) is 0 Å². The predicted molar refractivity (Wildman–Crippen MR) is 120 cm³/mol. The first-order valence-electron chi connectivity index (χ1n) is 12.0. The zero-order valence-electron chi connectivity index (χ0n) is 19.4. The number of fused-ring (bicyclic) bond motifs is 2. The monoisotopic (exact) mass is 511 g/mol. The van der Waals surface area contributed by atoms with Crippen LogP contribution in [-0.4, -0.2) is 41.6 Å². The second-order valence-corrected chi connectivity index (χ2v) is 9.74. The van der Waals surface area contributed by atoms with Crippen LogP contribution in [0.25, 0.3) is 0 Å². The molecular formula is C26H26F5NO4. The van der Waals surface area contributed by atoms with Crippen LogP contribution in [0, 0.1) is 0 Å². The van der Waals surface area contributed by atoms with Crippen molar-refractivity contribution in [3.63, 3.8) is 0 Å². The normalized spacial score (nSPS) is 23.1. The van der Waals surface area contributed by atoms with Gasteiger partial charge in [0.05, 0.1) is 18.6 Å². The zero-order valence-corrected chi connectivity index (χ0v) is 19.4. The minimum atomic E-state index is -4.55. The molecule has 10 heteroatoms. The van der Waals surface area contributed by atoms with Crippen LogP contribution in [0.4, 0.5) is 22.0 Å². The molecule has 5 rings (SSSR count). The third kappa shape index (κ3) is 5.00. The molecule has 1 saturated heterocycles. The molecule has 0 unspecified atom stereocenters. The van der Waals surface area contributed by atoms with E-state index in [1.807, 2.05) is 0 Å². The Labute approximate surface area is 204 Å². The van der Waals surface area contributed by atoms with Crippen LogP contribution < -0.4 is 9.47 Å². The summed E-state index contributed by atoms with van der Waals surface area (Å²) in [6, 6.07) is 7.70. The van der Waals surface area contributed by atoms with Crippen molar-refractivity contribution in [3.8, 4) is 11.5 Å². The number of carboxylic acid groups (broad SMARTS) is 1. The maximum atomic E-state index is 13.9. The van der Waals surface area contributed by atoms with Gasteiger partial charge in [-0.25, -0.2) is 8.78 Å². The Kier molecular flexibility index (Phi) is 6.34. The molecule has 5 nitrogen and oxygen atoms in total. The summed E-state index contributed by atoms with van der Waals surface area (Å²) in [5, 5.41) is 9.07. The predicted octanol–water partition coefficient (Wildman–Crippen LogP) is 5.95. The number of carboxylic acids is 1. The maximum Gasteiger partial charge on any atom is 0.416 e. The standard InChI is InChI=1S/C26H26F5NO4/c27-25(28)7-9-32(10-8-25)13-20-18-4-6-22(19(18)3-5-21(20)26(29,30)31)36-16-1-2-17-15(11-24(33)34)14-35-23(17)12-16/h1-3,5,12,15,22H,4,6-11,13-14H2,(H,33,34)/t15-,22-/m1/s1. The van der Waals surface area contributed by atoms with Crippen molar-refractivity contribution < 1.29 is 41.3 Å². The summed E-state index contributed by atoms with van der Waals surface area (Å²) in [7, 11) is 0. The summed E-state index contributed by atoms with van der Waals surface area (Å²) in [4.78, 5) is 12.7. The van der Waals surface area contributed by atoms with Gasteiger partial charge in [-0.1, -0.05) is 12.1 Å². The Hall–Kier alpha value is -2.88. The second-order valence-electron chi connectivity index (χ2n) is 9.74. The van der Waals surface area contributed by atoms with E-state index >= 15 is 0 Å². The number of hydrogen-bond acceptors (Lipinski definition) is 4. The SMILES string of the molecule is O=C(O)C[C@@H]1COc2cc(O[C@@H]3CCc4c3ccc(C(F)(F)F)c4CN3CCC(F)(F)CC3)ccc21. The van der Waals surface area contributed by atoms with E-state index in [1.165, 1.54) is 6.07 Å². The van der Waals surface area contributed by atoms with Gasteiger partial charge in [-0.2, -0.15) is 13.2 Å². The summed E-state index contributed by atoms with van der Waals surface area (Å²) in [5.41, 5.74) is 1.46. The average Bonchev–Trinajstić information content (AvgIpc) is 3.38. The van der Waals surface area contributed by atoms with Crippen molar-refractivity contribution in [1.29, 1.82) is 0 Å². The van der Waals surface area contributed by atoms with E-state index in [0.717, 1.165) is 11.6 Å². The lowest BCUT2D eigenvalue weighted by molar-refractivity contribution is -0.139. The molecule has 1 N–H and O–H groups in total. The molecule has 1 fully saturated rings. The lowest BCUT2D eigenvalue weighted by Crippen LogP contribution is -2.39. The van der Waals surface area contributed by atoms with E-state index in [0.29, 0.717) is 35.5 Å². The molecule has 2 aromatic carbocycles. The topological polar surface area (TPSA) is 59.0 Å². The number of nitrogens with zero attached hydrogens (tertiary/aromatic N) is 1. The summed E-state index contributed by atoms with van der Waals surface area (Å²) in [5.74, 6) is -2.88. The molecule has 1 aliphatic carbocycles. The summed E-state index contributed by atoms with van der Waals surface area (Å²) in [6.45, 7) is 0.333. The van der Waals surface area contributed by atoms with Gasteiger partial charge < -0.3 is 14.6 Å². The Morgan fingerprint density at radius 3 is 2.56 bits per heavy atom. The van der Waals surface area contributed by atoms with Crippen LogP contribution in [0.3, 0.4) is 0 Å². The van der Waals surface area contributed by atoms with Crippen LogP contribution in [-0.2, 0) is 23.9 Å². The molecule has 0 spiro atoms. The van der Waals surface area contributed by atoms with Gasteiger partial charge in [0.15, 0.2) is 0 Å². The number of ether oxygens (including phenoxy) is 2. The molecule has 194 valence electrons. The average molecular weight is 511 g/mol. The molecule has 0 aromatic heterocycles. The van der Waals surface area contributed by atoms with Gasteiger partial charge in [0, 0.05) is 50.0 Å². The first kappa shape index (κ1) is 24.8. The van der Waals surface area contributed by atoms with Gasteiger partial charge in [0.1, 0.15) is 17.6 Å². The number of hydrogen-bond donors (Lipinski definition) is 1. The lowest BCUT2D eigenvalue weighted by Gasteiger charge is -2.33. The fourth-order valence-electron chi connectivity index (χ4n) is 5.44. The van der Waals surface area contributed by atoms with Gasteiger partial charge in [-0.05, 0) is 41.7 Å². The number of carbonyl (C=O) groups is 1. The number of alkyl halides is 5. The molecule has 2 heterocycles. The van der Waals surface area contributed by atoms with Crippen molar-refractivity contribution in [3.05, 3.63) is 58.1 Å². The van der Waals surface area contributed by atoms with E-state index in [2.05, 4.69) is 0 Å². The first-order chi connectivity index (χ1) is 17.0. The van der Waals surface area contributed by atoms with E-state index in [4.69, 9.17) is 14.6 Å². The Balaban J connectivity index is 1.38. The first-order valence-corrected chi connectivity index (χ1v) is 12.0. The molecule has 2 aliphatic heterocycles. The van der Waals surface area contributed by atoms with Gasteiger partial charge in [0.25, 0.3) is 5.92 Å². The van der Waals surface area contributed by atoms with Crippen molar-refractivity contribution >= 4 is 5.97 Å². The molecule has 36 heavy (non-hydrogen) atoms. The van der Waals surface area contributed by atoms with Crippen molar-refractivity contribution in [1.82, 2.24) is 4.90 Å². The highest BCUT2D eigenvalue weighted by Gasteiger charge is 2.40. The smallest absolute Gasteiger partial charge is 0.416 e. The van der Waals surface area contributed by atoms with E-state index in [1.54, 1.807) is 23.1 Å². The number of piperidine rings is 1. The van der Waals surface area contributed by atoms with Gasteiger partial charge in [-0.15, -0.1) is 0 Å². The molecule has 0 bridgehead atoms. The van der Waals surface area contributed by atoms with Gasteiger partial charge in [-0.3, -0.25) is 9.69 Å². The number of likely N-dealkylation sites (tertiary alicyclic amines) is 1. The van der Waals surface area contributed by atoms with Gasteiger partial charge >= 0.3 is 12.1 Å². The number of benzene rings is 2. The third-order valence-corrected chi connectivity index (χ3v) is 7.31. The van der Waals surface area contributed by atoms with E-state index in [9.17, 15) is 26.7 Å². The summed E-state index contributed by atoms with van der Waals surface area (Å²) in [6.07, 6.45) is -4.88. The number of aliphatic carboxylic acids is 1. The second kappa shape index (κ2) is 9.21.